The summed E-state index contributed by atoms with van der Waals surface area (Å²) in [6.45, 7) is 6.89. The van der Waals surface area contributed by atoms with Gasteiger partial charge in [0.25, 0.3) is 0 Å². The van der Waals surface area contributed by atoms with E-state index in [1.54, 1.807) is 0 Å². The summed E-state index contributed by atoms with van der Waals surface area (Å²) in [7, 11) is 2.02. The molecule has 2 rings (SSSR count). The average molecular weight is 329 g/mol. The summed E-state index contributed by atoms with van der Waals surface area (Å²) in [6, 6.07) is 8.60. The fraction of sp³-hybridized carbons (Fsp3) is 0.647. The number of benzene rings is 1. The molecule has 126 valence electrons. The van der Waals surface area contributed by atoms with E-state index in [2.05, 4.69) is 17.1 Å². The molecule has 1 heterocycles. The quantitative estimate of drug-likeness (QED) is 0.755. The van der Waals surface area contributed by atoms with Crippen molar-refractivity contribution in [2.45, 2.75) is 32.2 Å². The van der Waals surface area contributed by atoms with Gasteiger partial charge >= 0.3 is 0 Å². The van der Waals surface area contributed by atoms with E-state index in [1.807, 2.05) is 31.3 Å². The third kappa shape index (κ3) is 6.03. The highest BCUT2D eigenvalue weighted by atomic mass is 35.5. The van der Waals surface area contributed by atoms with Gasteiger partial charge in [0.15, 0.2) is 0 Å². The van der Waals surface area contributed by atoms with Crippen molar-refractivity contribution in [3.05, 3.63) is 24.3 Å². The van der Waals surface area contributed by atoms with Gasteiger partial charge in [0.2, 0.25) is 0 Å². The molecule has 1 aliphatic heterocycles. The Morgan fingerprint density at radius 1 is 1.14 bits per heavy atom. The van der Waals surface area contributed by atoms with Crippen molar-refractivity contribution in [2.24, 2.45) is 0 Å². The van der Waals surface area contributed by atoms with Crippen LogP contribution in [0.2, 0.25) is 0 Å². The first-order valence-corrected chi connectivity index (χ1v) is 8.07. The van der Waals surface area contributed by atoms with Gasteiger partial charge in [-0.25, -0.2) is 0 Å². The van der Waals surface area contributed by atoms with Gasteiger partial charge in [-0.1, -0.05) is 6.92 Å². The maximum Gasteiger partial charge on any atom is 0.119 e. The molecule has 4 nitrogen and oxygen atoms in total. The zero-order chi connectivity index (χ0) is 14.9. The second kappa shape index (κ2) is 10.7. The van der Waals surface area contributed by atoms with Gasteiger partial charge in [0, 0.05) is 19.1 Å². The van der Waals surface area contributed by atoms with Gasteiger partial charge in [-0.2, -0.15) is 0 Å². The SMILES string of the molecule is CCCOc1ccc(OCCN2CCCC2CNC)cc1.Cl. The molecule has 1 N–H and O–H groups in total. The summed E-state index contributed by atoms with van der Waals surface area (Å²) >= 11 is 0. The summed E-state index contributed by atoms with van der Waals surface area (Å²) < 4.78 is 11.4. The molecule has 1 fully saturated rings. The molecule has 0 radical (unpaired) electrons. The van der Waals surface area contributed by atoms with Crippen molar-refractivity contribution in [3.63, 3.8) is 0 Å². The Morgan fingerprint density at radius 3 is 2.36 bits per heavy atom. The summed E-state index contributed by atoms with van der Waals surface area (Å²) in [5.74, 6) is 1.83. The molecule has 0 aromatic heterocycles. The van der Waals surface area contributed by atoms with Gasteiger partial charge in [0.1, 0.15) is 18.1 Å². The topological polar surface area (TPSA) is 33.7 Å². The first kappa shape index (κ1) is 19.1. The van der Waals surface area contributed by atoms with Gasteiger partial charge in [0.05, 0.1) is 6.61 Å². The van der Waals surface area contributed by atoms with Crippen molar-refractivity contribution in [1.29, 1.82) is 0 Å². The van der Waals surface area contributed by atoms with E-state index >= 15 is 0 Å². The van der Waals surface area contributed by atoms with Crippen molar-refractivity contribution in [1.82, 2.24) is 10.2 Å². The lowest BCUT2D eigenvalue weighted by Crippen LogP contribution is -2.38. The highest BCUT2D eigenvalue weighted by Crippen LogP contribution is 2.19. The van der Waals surface area contributed by atoms with E-state index in [0.29, 0.717) is 6.04 Å². The standard InChI is InChI=1S/C17H28N2O2.ClH/c1-3-12-20-16-6-8-17(9-7-16)21-13-11-19-10-4-5-15(19)14-18-2;/h6-9,15,18H,3-5,10-14H2,1-2H3;1H. The predicted molar refractivity (Wildman–Crippen MR) is 93.5 cm³/mol. The number of rotatable bonds is 9. The average Bonchev–Trinajstić information content (AvgIpc) is 2.94. The highest BCUT2D eigenvalue weighted by molar-refractivity contribution is 5.85. The van der Waals surface area contributed by atoms with E-state index in [-0.39, 0.29) is 12.4 Å². The first-order valence-electron chi connectivity index (χ1n) is 8.07. The van der Waals surface area contributed by atoms with Gasteiger partial charge in [-0.15, -0.1) is 12.4 Å². The zero-order valence-corrected chi connectivity index (χ0v) is 14.5. The molecule has 22 heavy (non-hydrogen) atoms. The fourth-order valence-electron chi connectivity index (χ4n) is 2.79. The molecule has 0 amide bonds. The van der Waals surface area contributed by atoms with Crippen LogP contribution < -0.4 is 14.8 Å². The summed E-state index contributed by atoms with van der Waals surface area (Å²) in [6.07, 6.45) is 3.63. The number of ether oxygens (including phenoxy) is 2. The molecule has 0 aliphatic carbocycles. The Morgan fingerprint density at radius 2 is 1.77 bits per heavy atom. The van der Waals surface area contributed by atoms with Crippen molar-refractivity contribution >= 4 is 12.4 Å². The van der Waals surface area contributed by atoms with Crippen molar-refractivity contribution in [3.8, 4) is 11.5 Å². The molecule has 1 aliphatic rings. The Balaban J connectivity index is 0.00000242. The Labute approximate surface area is 140 Å². The zero-order valence-electron chi connectivity index (χ0n) is 13.7. The number of nitrogens with zero attached hydrogens (tertiary/aromatic N) is 1. The number of hydrogen-bond acceptors (Lipinski definition) is 4. The molecular weight excluding hydrogens is 300 g/mol. The Bertz CT molecular complexity index is 400. The van der Waals surface area contributed by atoms with E-state index in [1.165, 1.54) is 19.4 Å². The van der Waals surface area contributed by atoms with Crippen LogP contribution in [0.15, 0.2) is 24.3 Å². The minimum Gasteiger partial charge on any atom is -0.494 e. The third-order valence-corrected chi connectivity index (χ3v) is 3.88. The number of hydrogen-bond donors (Lipinski definition) is 1. The Kier molecular flexibility index (Phi) is 9.28. The molecule has 1 aromatic rings. The minimum absolute atomic E-state index is 0. The van der Waals surface area contributed by atoms with Crippen LogP contribution in [-0.2, 0) is 0 Å². The minimum atomic E-state index is 0. The molecular formula is C17H29ClN2O2. The number of nitrogens with one attached hydrogen (secondary N) is 1. The lowest BCUT2D eigenvalue weighted by Gasteiger charge is -2.24. The molecule has 1 aromatic carbocycles. The number of likely N-dealkylation sites (N-methyl/N-ethyl adjacent to an activating group) is 1. The van der Waals surface area contributed by atoms with E-state index in [4.69, 9.17) is 9.47 Å². The lowest BCUT2D eigenvalue weighted by atomic mass is 10.2. The molecule has 1 saturated heterocycles. The molecule has 0 bridgehead atoms. The summed E-state index contributed by atoms with van der Waals surface area (Å²) in [5, 5.41) is 3.27. The van der Waals surface area contributed by atoms with Crippen LogP contribution >= 0.6 is 12.4 Å². The van der Waals surface area contributed by atoms with E-state index < -0.39 is 0 Å². The van der Waals surface area contributed by atoms with Crippen LogP contribution in [-0.4, -0.2) is 50.8 Å². The largest absolute Gasteiger partial charge is 0.494 e. The van der Waals surface area contributed by atoms with Crippen LogP contribution in [0.4, 0.5) is 0 Å². The molecule has 5 heteroatoms. The smallest absolute Gasteiger partial charge is 0.119 e. The monoisotopic (exact) mass is 328 g/mol. The maximum absolute atomic E-state index is 5.84. The molecule has 1 atom stereocenters. The van der Waals surface area contributed by atoms with Gasteiger partial charge < -0.3 is 14.8 Å². The van der Waals surface area contributed by atoms with E-state index in [0.717, 1.165) is 44.2 Å². The highest BCUT2D eigenvalue weighted by Gasteiger charge is 2.23. The summed E-state index contributed by atoms with van der Waals surface area (Å²) in [4.78, 5) is 2.52. The fourth-order valence-corrected chi connectivity index (χ4v) is 2.79. The predicted octanol–water partition coefficient (Wildman–Crippen LogP) is 2.96. The Hall–Kier alpha value is -0.970. The lowest BCUT2D eigenvalue weighted by molar-refractivity contribution is 0.195. The van der Waals surface area contributed by atoms with Gasteiger partial charge in [-0.05, 0) is 57.1 Å². The van der Waals surface area contributed by atoms with Crippen LogP contribution in [0.25, 0.3) is 0 Å². The van der Waals surface area contributed by atoms with Crippen LogP contribution in [0.5, 0.6) is 11.5 Å². The maximum atomic E-state index is 5.84. The van der Waals surface area contributed by atoms with Crippen molar-refractivity contribution in [2.75, 3.05) is 39.9 Å². The molecule has 0 saturated carbocycles. The van der Waals surface area contributed by atoms with Crippen LogP contribution in [0.3, 0.4) is 0 Å². The van der Waals surface area contributed by atoms with E-state index in [9.17, 15) is 0 Å². The third-order valence-electron chi connectivity index (χ3n) is 3.88. The van der Waals surface area contributed by atoms with Gasteiger partial charge in [-0.3, -0.25) is 4.90 Å². The molecule has 0 spiro atoms. The van der Waals surface area contributed by atoms with Crippen LogP contribution in [0, 0.1) is 0 Å². The van der Waals surface area contributed by atoms with Crippen molar-refractivity contribution < 1.29 is 9.47 Å². The number of halogens is 1. The number of likely N-dealkylation sites (tertiary alicyclic amines) is 1. The second-order valence-electron chi connectivity index (χ2n) is 5.56. The first-order chi connectivity index (χ1) is 10.3. The summed E-state index contributed by atoms with van der Waals surface area (Å²) in [5.41, 5.74) is 0. The second-order valence-corrected chi connectivity index (χ2v) is 5.56. The normalized spacial score (nSPS) is 18.0. The molecule has 1 unspecified atom stereocenters. The van der Waals surface area contributed by atoms with Crippen LogP contribution in [0.1, 0.15) is 26.2 Å².